The molecule has 11 rings (SSSR count). The standard InChI is InChI=1S/C54H41BrN2S/c55-42-32-41(33-46(34-42)57-51-15-7-4-12-47(51)48-13-5-8-16-52(48)57)40-20-18-37(19-21-40)39-24-28-44(29-25-39)56(43-26-22-38(23-27-43)36-10-2-1-3-11-36)45-30-31-54-50(35-45)49-14-6-9-17-53(49)58-54/h1-7,10-15,18-35,49,53H,8-9,16-17H2. The Hall–Kier alpha value is -5.81. The second kappa shape index (κ2) is 14.8. The lowest BCUT2D eigenvalue weighted by molar-refractivity contribution is 0.683. The molecule has 0 spiro atoms. The van der Waals surface area contributed by atoms with Gasteiger partial charge < -0.3 is 9.47 Å². The summed E-state index contributed by atoms with van der Waals surface area (Å²) in [5.74, 6) is 0.487. The zero-order valence-electron chi connectivity index (χ0n) is 32.1. The minimum absolute atomic E-state index is 0.487. The van der Waals surface area contributed by atoms with E-state index in [9.17, 15) is 0 Å². The second-order valence-corrected chi connectivity index (χ2v) is 17.8. The van der Waals surface area contributed by atoms with E-state index < -0.39 is 0 Å². The molecule has 1 aromatic heterocycles. The lowest BCUT2D eigenvalue weighted by atomic mass is 9.89. The van der Waals surface area contributed by atoms with Crippen LogP contribution in [-0.4, -0.2) is 9.82 Å². The Morgan fingerprint density at radius 1 is 0.569 bits per heavy atom. The van der Waals surface area contributed by atoms with Crippen molar-refractivity contribution in [2.45, 2.75) is 41.7 Å². The Kier molecular flexibility index (Phi) is 9.05. The normalized spacial score (nSPS) is 16.6. The van der Waals surface area contributed by atoms with Crippen LogP contribution in [0.3, 0.4) is 0 Å². The molecule has 2 aliphatic carbocycles. The molecule has 2 nitrogen and oxygen atoms in total. The van der Waals surface area contributed by atoms with E-state index in [1.807, 2.05) is 0 Å². The Bertz CT molecular complexity index is 2870. The summed E-state index contributed by atoms with van der Waals surface area (Å²) in [6.07, 6.45) is 14.0. The van der Waals surface area contributed by atoms with Crippen molar-refractivity contribution in [3.8, 4) is 39.1 Å². The van der Waals surface area contributed by atoms with E-state index in [2.05, 4.69) is 225 Å². The second-order valence-electron chi connectivity index (χ2n) is 15.6. The number of fused-ring (bicyclic) bond motifs is 6. The number of hydrogen-bond acceptors (Lipinski definition) is 2. The van der Waals surface area contributed by atoms with Crippen LogP contribution in [0.1, 0.15) is 42.0 Å². The molecule has 0 N–H and O–H groups in total. The van der Waals surface area contributed by atoms with Gasteiger partial charge in [0.2, 0.25) is 0 Å². The minimum atomic E-state index is 0.487. The summed E-state index contributed by atoms with van der Waals surface area (Å²) in [6, 6.07) is 60.5. The van der Waals surface area contributed by atoms with E-state index in [1.54, 1.807) is 0 Å². The summed E-state index contributed by atoms with van der Waals surface area (Å²) in [6.45, 7) is 0. The highest BCUT2D eigenvalue weighted by molar-refractivity contribution is 9.10. The summed E-state index contributed by atoms with van der Waals surface area (Å²) in [7, 11) is 0. The zero-order chi connectivity index (χ0) is 38.6. The predicted molar refractivity (Wildman–Crippen MR) is 250 cm³/mol. The minimum Gasteiger partial charge on any atom is -0.313 e. The Balaban J connectivity index is 0.915. The largest absolute Gasteiger partial charge is 0.313 e. The molecule has 2 heterocycles. The molecule has 7 aromatic carbocycles. The highest BCUT2D eigenvalue weighted by atomic mass is 79.9. The smallest absolute Gasteiger partial charge is 0.0537 e. The van der Waals surface area contributed by atoms with Gasteiger partial charge in [-0.05, 0) is 131 Å². The molecule has 3 aliphatic rings. The molecule has 2 atom stereocenters. The summed E-state index contributed by atoms with van der Waals surface area (Å²) >= 11 is 5.93. The molecule has 1 aliphatic heterocycles. The number of halogens is 1. The maximum Gasteiger partial charge on any atom is 0.0537 e. The average Bonchev–Trinajstić information content (AvgIpc) is 3.83. The van der Waals surface area contributed by atoms with Gasteiger partial charge in [0, 0.05) is 59.9 Å². The number of hydrogen-bond donors (Lipinski definition) is 0. The third-order valence-electron chi connectivity index (χ3n) is 12.1. The molecule has 4 heteroatoms. The zero-order valence-corrected chi connectivity index (χ0v) is 34.5. The van der Waals surface area contributed by atoms with Crippen LogP contribution in [-0.2, 0) is 6.42 Å². The number of para-hydroxylation sites is 1. The van der Waals surface area contributed by atoms with Gasteiger partial charge in [0.15, 0.2) is 0 Å². The first-order valence-corrected chi connectivity index (χ1v) is 22.1. The number of anilines is 3. The average molecular weight is 830 g/mol. The van der Waals surface area contributed by atoms with Crippen LogP contribution in [0.5, 0.6) is 0 Å². The topological polar surface area (TPSA) is 8.17 Å². The van der Waals surface area contributed by atoms with Crippen LogP contribution in [0.2, 0.25) is 0 Å². The third kappa shape index (κ3) is 6.36. The molecule has 0 bridgehead atoms. The fraction of sp³-hybridized carbons (Fsp3) is 0.111. The van der Waals surface area contributed by atoms with E-state index in [1.165, 1.54) is 90.2 Å². The van der Waals surface area contributed by atoms with E-state index >= 15 is 0 Å². The first-order valence-electron chi connectivity index (χ1n) is 20.4. The summed E-state index contributed by atoms with van der Waals surface area (Å²) in [5, 5.41) is 1.96. The molecule has 0 saturated heterocycles. The maximum absolute atomic E-state index is 3.87. The third-order valence-corrected chi connectivity index (χ3v) is 14.1. The van der Waals surface area contributed by atoms with Gasteiger partial charge in [-0.15, -0.1) is 11.8 Å². The lowest BCUT2D eigenvalue weighted by Gasteiger charge is -2.27. The molecule has 280 valence electrons. The van der Waals surface area contributed by atoms with Crippen LogP contribution in [0, 0.1) is 0 Å². The van der Waals surface area contributed by atoms with Gasteiger partial charge in [0.25, 0.3) is 0 Å². The van der Waals surface area contributed by atoms with Gasteiger partial charge in [-0.3, -0.25) is 0 Å². The Labute approximate surface area is 353 Å². The van der Waals surface area contributed by atoms with Crippen LogP contribution < -0.4 is 4.90 Å². The highest BCUT2D eigenvalue weighted by Gasteiger charge is 2.33. The first kappa shape index (κ1) is 35.4. The quantitative estimate of drug-likeness (QED) is 0.148. The predicted octanol–water partition coefficient (Wildman–Crippen LogP) is 15.7. The number of aromatic nitrogens is 1. The maximum atomic E-state index is 3.87. The summed E-state index contributed by atoms with van der Waals surface area (Å²) in [4.78, 5) is 3.84. The fourth-order valence-electron chi connectivity index (χ4n) is 9.32. The van der Waals surface area contributed by atoms with Crippen molar-refractivity contribution < 1.29 is 0 Å². The molecule has 2 unspecified atom stereocenters. The lowest BCUT2D eigenvalue weighted by Crippen LogP contribution is -2.12. The molecule has 0 radical (unpaired) electrons. The molecular formula is C54H41BrN2S. The monoisotopic (exact) mass is 828 g/mol. The van der Waals surface area contributed by atoms with Gasteiger partial charge in [-0.2, -0.15) is 0 Å². The molecule has 8 aromatic rings. The van der Waals surface area contributed by atoms with Crippen LogP contribution in [0.25, 0.3) is 56.0 Å². The Morgan fingerprint density at radius 2 is 1.21 bits per heavy atom. The van der Waals surface area contributed by atoms with Crippen molar-refractivity contribution in [2.75, 3.05) is 4.90 Å². The van der Waals surface area contributed by atoms with Gasteiger partial charge in [0.05, 0.1) is 5.52 Å². The van der Waals surface area contributed by atoms with Crippen molar-refractivity contribution in [1.82, 2.24) is 4.57 Å². The van der Waals surface area contributed by atoms with E-state index in [-0.39, 0.29) is 0 Å². The molecular weight excluding hydrogens is 789 g/mol. The van der Waals surface area contributed by atoms with E-state index in [4.69, 9.17) is 0 Å². The van der Waals surface area contributed by atoms with Crippen molar-refractivity contribution >= 4 is 61.7 Å². The first-order chi connectivity index (χ1) is 28.6. The van der Waals surface area contributed by atoms with Gasteiger partial charge in [-0.1, -0.05) is 137 Å². The summed E-state index contributed by atoms with van der Waals surface area (Å²) in [5.41, 5.74) is 17.4. The van der Waals surface area contributed by atoms with E-state index in [0.29, 0.717) is 11.2 Å². The van der Waals surface area contributed by atoms with Crippen LogP contribution in [0.15, 0.2) is 191 Å². The van der Waals surface area contributed by atoms with Gasteiger partial charge in [-0.25, -0.2) is 0 Å². The fourth-order valence-corrected chi connectivity index (χ4v) is 11.2. The highest BCUT2D eigenvalue weighted by Crippen LogP contribution is 2.51. The van der Waals surface area contributed by atoms with Crippen LogP contribution in [0.4, 0.5) is 17.1 Å². The SMILES string of the molecule is Brc1cc(-c2ccc(-c3ccc(N(c4ccc(-c5ccccc5)cc4)c4ccc5c(c4)C4C=CCCC4S5)cc3)cc2)cc(-n2c3c(c4ccccc42)C=CCC3)c1. The number of allylic oxidation sites excluding steroid dienone is 3. The van der Waals surface area contributed by atoms with Gasteiger partial charge in [0.1, 0.15) is 0 Å². The van der Waals surface area contributed by atoms with Crippen molar-refractivity contribution in [3.63, 3.8) is 0 Å². The van der Waals surface area contributed by atoms with Crippen molar-refractivity contribution in [3.05, 3.63) is 203 Å². The number of rotatable bonds is 7. The molecule has 0 saturated carbocycles. The van der Waals surface area contributed by atoms with Crippen LogP contribution >= 0.6 is 27.7 Å². The van der Waals surface area contributed by atoms with Gasteiger partial charge >= 0.3 is 0 Å². The molecule has 58 heavy (non-hydrogen) atoms. The Morgan fingerprint density at radius 3 is 1.95 bits per heavy atom. The molecule has 0 fully saturated rings. The molecule has 0 amide bonds. The summed E-state index contributed by atoms with van der Waals surface area (Å²) < 4.78 is 3.54. The number of benzene rings is 7. The van der Waals surface area contributed by atoms with E-state index in [0.717, 1.165) is 28.7 Å². The number of nitrogens with zero attached hydrogens (tertiary/aromatic N) is 2. The van der Waals surface area contributed by atoms with Crippen molar-refractivity contribution in [1.29, 1.82) is 0 Å². The number of thioether (sulfide) groups is 1. The van der Waals surface area contributed by atoms with Crippen molar-refractivity contribution in [2.24, 2.45) is 0 Å².